The Morgan fingerprint density at radius 1 is 1.47 bits per heavy atom. The van der Waals surface area contributed by atoms with Crippen LogP contribution < -0.4 is 11.1 Å². The van der Waals surface area contributed by atoms with E-state index in [4.69, 9.17) is 10.8 Å². The van der Waals surface area contributed by atoms with Crippen LogP contribution in [-0.2, 0) is 0 Å². The van der Waals surface area contributed by atoms with Gasteiger partial charge in [-0.3, -0.25) is 0 Å². The van der Waals surface area contributed by atoms with Crippen molar-refractivity contribution in [2.45, 2.75) is 0 Å². The molecule has 0 aliphatic carbocycles. The van der Waals surface area contributed by atoms with Gasteiger partial charge in [0.15, 0.2) is 0 Å². The molecule has 2 aromatic rings. The van der Waals surface area contributed by atoms with E-state index in [1.54, 1.807) is 6.20 Å². The Bertz CT molecular complexity index is 562. The summed E-state index contributed by atoms with van der Waals surface area (Å²) >= 11 is 3.33. The van der Waals surface area contributed by atoms with Crippen LogP contribution in [0.3, 0.4) is 0 Å². The van der Waals surface area contributed by atoms with E-state index < -0.39 is 5.82 Å². The molecule has 0 saturated carbocycles. The molecular weight excluding hydrogens is 289 g/mol. The highest BCUT2D eigenvalue weighted by atomic mass is 79.9. The highest BCUT2D eigenvalue weighted by Gasteiger charge is 2.10. The number of anilines is 2. The maximum Gasteiger partial charge on any atom is 0.134 e. The van der Waals surface area contributed by atoms with E-state index in [-0.39, 0.29) is 6.61 Å². The van der Waals surface area contributed by atoms with Gasteiger partial charge in [-0.25, -0.2) is 9.37 Å². The summed E-state index contributed by atoms with van der Waals surface area (Å²) in [5.41, 5.74) is 6.13. The van der Waals surface area contributed by atoms with E-state index in [1.807, 2.05) is 0 Å². The van der Waals surface area contributed by atoms with Gasteiger partial charge in [0.05, 0.1) is 6.61 Å². The Labute approximate surface area is 106 Å². The number of nitrogens with zero attached hydrogens (tertiary/aromatic N) is 1. The molecule has 0 aliphatic heterocycles. The van der Waals surface area contributed by atoms with Crippen LogP contribution in [-0.4, -0.2) is 23.2 Å². The van der Waals surface area contributed by atoms with Crippen LogP contribution in [0.15, 0.2) is 22.8 Å². The Kier molecular flexibility index (Phi) is 3.44. The van der Waals surface area contributed by atoms with Crippen molar-refractivity contribution in [3.8, 4) is 0 Å². The van der Waals surface area contributed by atoms with Gasteiger partial charge in [-0.1, -0.05) is 0 Å². The van der Waals surface area contributed by atoms with Crippen LogP contribution in [0.25, 0.3) is 10.8 Å². The molecule has 4 nitrogen and oxygen atoms in total. The molecule has 2 rings (SSSR count). The minimum Gasteiger partial charge on any atom is -0.398 e. The van der Waals surface area contributed by atoms with Gasteiger partial charge in [-0.05, 0) is 28.1 Å². The van der Waals surface area contributed by atoms with Gasteiger partial charge in [0, 0.05) is 33.7 Å². The maximum atomic E-state index is 13.3. The zero-order valence-electron chi connectivity index (χ0n) is 8.87. The van der Waals surface area contributed by atoms with Gasteiger partial charge < -0.3 is 16.2 Å². The Hall–Kier alpha value is -1.40. The molecule has 0 aliphatic rings. The summed E-state index contributed by atoms with van der Waals surface area (Å²) in [6, 6.07) is 2.63. The Morgan fingerprint density at radius 3 is 2.94 bits per heavy atom. The first-order valence-corrected chi connectivity index (χ1v) is 5.80. The van der Waals surface area contributed by atoms with Gasteiger partial charge in [-0.2, -0.15) is 0 Å². The molecule has 0 bridgehead atoms. The number of aliphatic hydroxyl groups is 1. The molecule has 0 spiro atoms. The smallest absolute Gasteiger partial charge is 0.134 e. The number of pyridine rings is 1. The number of nitrogen functional groups attached to an aromatic ring is 1. The van der Waals surface area contributed by atoms with E-state index in [2.05, 4.69) is 26.2 Å². The van der Waals surface area contributed by atoms with Gasteiger partial charge in [-0.15, -0.1) is 0 Å². The molecule has 0 amide bonds. The molecule has 0 saturated heterocycles. The second-order valence-electron chi connectivity index (χ2n) is 3.52. The first-order valence-electron chi connectivity index (χ1n) is 5.01. The fraction of sp³-hybridized carbons (Fsp3) is 0.182. The summed E-state index contributed by atoms with van der Waals surface area (Å²) in [7, 11) is 0. The minimum absolute atomic E-state index is 0.0238. The molecular formula is C11H11BrFN3O. The number of rotatable bonds is 3. The predicted molar refractivity (Wildman–Crippen MR) is 69.4 cm³/mol. The monoisotopic (exact) mass is 299 g/mol. The van der Waals surface area contributed by atoms with Crippen molar-refractivity contribution in [1.29, 1.82) is 0 Å². The van der Waals surface area contributed by atoms with Crippen LogP contribution in [0, 0.1) is 5.82 Å². The van der Waals surface area contributed by atoms with E-state index in [9.17, 15) is 4.39 Å². The van der Waals surface area contributed by atoms with Crippen molar-refractivity contribution in [2.24, 2.45) is 0 Å². The van der Waals surface area contributed by atoms with Gasteiger partial charge in [0.2, 0.25) is 0 Å². The van der Waals surface area contributed by atoms with Crippen LogP contribution >= 0.6 is 15.9 Å². The highest BCUT2D eigenvalue weighted by Crippen LogP contribution is 2.33. The average Bonchev–Trinajstić information content (AvgIpc) is 2.27. The number of hydrogen-bond acceptors (Lipinski definition) is 4. The lowest BCUT2D eigenvalue weighted by Gasteiger charge is -2.10. The summed E-state index contributed by atoms with van der Waals surface area (Å²) in [5, 5.41) is 13.0. The summed E-state index contributed by atoms with van der Waals surface area (Å²) in [4.78, 5) is 4.13. The average molecular weight is 300 g/mol. The number of halogens is 2. The minimum atomic E-state index is -0.415. The van der Waals surface area contributed by atoms with Crippen molar-refractivity contribution >= 4 is 38.2 Å². The first-order chi connectivity index (χ1) is 8.13. The molecule has 1 heterocycles. The van der Waals surface area contributed by atoms with E-state index in [0.717, 1.165) is 0 Å². The maximum absolute atomic E-state index is 13.3. The third-order valence-corrected chi connectivity index (χ3v) is 2.94. The standard InChI is InChI=1S/C11H11BrFN3O/c12-8-5-16-11(15-1-2-17)7-3-6(13)4-9(14)10(7)8/h3-5,17H,1-2,14H2,(H,15,16). The largest absolute Gasteiger partial charge is 0.398 e. The molecule has 90 valence electrons. The van der Waals surface area contributed by atoms with E-state index >= 15 is 0 Å². The molecule has 1 aromatic heterocycles. The van der Waals surface area contributed by atoms with Crippen LogP contribution in [0.4, 0.5) is 15.9 Å². The molecule has 0 atom stereocenters. The van der Waals surface area contributed by atoms with Crippen molar-refractivity contribution in [3.63, 3.8) is 0 Å². The zero-order chi connectivity index (χ0) is 12.4. The molecule has 4 N–H and O–H groups in total. The zero-order valence-corrected chi connectivity index (χ0v) is 10.5. The topological polar surface area (TPSA) is 71.2 Å². The normalized spacial score (nSPS) is 10.8. The SMILES string of the molecule is Nc1cc(F)cc2c(NCCO)ncc(Br)c12. The Morgan fingerprint density at radius 2 is 2.24 bits per heavy atom. The Balaban J connectivity index is 2.66. The number of hydrogen-bond donors (Lipinski definition) is 3. The fourth-order valence-corrected chi connectivity index (χ4v) is 2.20. The summed E-state index contributed by atoms with van der Waals surface area (Å²) in [6.45, 7) is 0.324. The number of nitrogens with two attached hydrogens (primary N) is 1. The molecule has 17 heavy (non-hydrogen) atoms. The summed E-state index contributed by atoms with van der Waals surface area (Å²) in [6.07, 6.45) is 1.59. The third-order valence-electron chi connectivity index (χ3n) is 2.34. The number of fused-ring (bicyclic) bond motifs is 1. The fourth-order valence-electron chi connectivity index (χ4n) is 1.65. The molecule has 0 fully saturated rings. The molecule has 1 aromatic carbocycles. The lowest BCUT2D eigenvalue weighted by molar-refractivity contribution is 0.311. The van der Waals surface area contributed by atoms with Gasteiger partial charge >= 0.3 is 0 Å². The van der Waals surface area contributed by atoms with Crippen LogP contribution in [0.5, 0.6) is 0 Å². The van der Waals surface area contributed by atoms with E-state index in [0.29, 0.717) is 33.3 Å². The number of aromatic nitrogens is 1. The van der Waals surface area contributed by atoms with Crippen LogP contribution in [0.2, 0.25) is 0 Å². The molecule has 6 heteroatoms. The highest BCUT2D eigenvalue weighted by molar-refractivity contribution is 9.10. The summed E-state index contributed by atoms with van der Waals surface area (Å²) < 4.78 is 14.0. The van der Waals surface area contributed by atoms with Crippen molar-refractivity contribution < 1.29 is 9.50 Å². The van der Waals surface area contributed by atoms with Gasteiger partial charge in [0.1, 0.15) is 11.6 Å². The second-order valence-corrected chi connectivity index (χ2v) is 4.38. The number of benzene rings is 1. The molecule has 0 radical (unpaired) electrons. The second kappa shape index (κ2) is 4.85. The van der Waals surface area contributed by atoms with Gasteiger partial charge in [0.25, 0.3) is 0 Å². The van der Waals surface area contributed by atoms with E-state index in [1.165, 1.54) is 12.1 Å². The predicted octanol–water partition coefficient (Wildman–Crippen LogP) is 2.12. The number of aliphatic hydroxyl groups excluding tert-OH is 1. The lowest BCUT2D eigenvalue weighted by atomic mass is 10.1. The van der Waals surface area contributed by atoms with Crippen LogP contribution in [0.1, 0.15) is 0 Å². The summed E-state index contributed by atoms with van der Waals surface area (Å²) in [5.74, 6) is 0.0883. The van der Waals surface area contributed by atoms with Crippen molar-refractivity contribution in [2.75, 3.05) is 24.2 Å². The third kappa shape index (κ3) is 2.32. The lowest BCUT2D eigenvalue weighted by Crippen LogP contribution is -2.07. The van der Waals surface area contributed by atoms with Crippen molar-refractivity contribution in [1.82, 2.24) is 4.98 Å². The first kappa shape index (κ1) is 12.1. The quantitative estimate of drug-likeness (QED) is 0.759. The van der Waals surface area contributed by atoms with Crippen molar-refractivity contribution in [3.05, 3.63) is 28.6 Å². The number of nitrogens with one attached hydrogen (secondary N) is 1. The molecule has 0 unspecified atom stereocenters.